The minimum absolute atomic E-state index is 0.105. The van der Waals surface area contributed by atoms with Crippen LogP contribution in [0.15, 0.2) is 89.9 Å². The van der Waals surface area contributed by atoms with Crippen LogP contribution in [-0.2, 0) is 19.4 Å². The van der Waals surface area contributed by atoms with Gasteiger partial charge in [0.25, 0.3) is 5.91 Å². The molecule has 1 aliphatic rings. The molecule has 0 atom stereocenters. The van der Waals surface area contributed by atoms with Crippen LogP contribution in [0.1, 0.15) is 44.8 Å². The summed E-state index contributed by atoms with van der Waals surface area (Å²) in [5.41, 5.74) is 4.62. The molecule has 5 aromatic rings. The molecule has 0 aliphatic heterocycles. The number of carbonyl (C=O) groups excluding carboxylic acids is 1. The van der Waals surface area contributed by atoms with E-state index in [1.165, 1.54) is 15.6 Å². The number of carbonyl (C=O) groups is 1. The molecule has 0 spiro atoms. The van der Waals surface area contributed by atoms with Gasteiger partial charge in [-0.2, -0.15) is 0 Å². The molecular weight excluding hydrogens is 643 g/mol. The highest BCUT2D eigenvalue weighted by Crippen LogP contribution is 2.41. The third kappa shape index (κ3) is 6.01. The Morgan fingerprint density at radius 1 is 1.00 bits per heavy atom. The van der Waals surface area contributed by atoms with Gasteiger partial charge in [-0.25, -0.2) is 4.99 Å². The molecule has 6 rings (SSSR count). The second kappa shape index (κ2) is 12.4. The van der Waals surface area contributed by atoms with E-state index in [-0.39, 0.29) is 5.91 Å². The predicted molar refractivity (Wildman–Crippen MR) is 177 cm³/mol. The highest BCUT2D eigenvalue weighted by atomic mass is 127. The van der Waals surface area contributed by atoms with Crippen molar-refractivity contribution in [2.75, 3.05) is 12.4 Å². The minimum Gasteiger partial charge on any atom is -0.493 e. The van der Waals surface area contributed by atoms with E-state index < -0.39 is 0 Å². The average Bonchev–Trinajstić information content (AvgIpc) is 3.38. The van der Waals surface area contributed by atoms with Crippen molar-refractivity contribution in [3.05, 3.63) is 116 Å². The number of halogens is 1. The van der Waals surface area contributed by atoms with Crippen LogP contribution >= 0.6 is 33.9 Å². The zero-order valence-corrected chi connectivity index (χ0v) is 25.6. The van der Waals surface area contributed by atoms with Gasteiger partial charge in [-0.1, -0.05) is 60.7 Å². The molecule has 0 unspecified atom stereocenters. The van der Waals surface area contributed by atoms with Crippen LogP contribution in [0.4, 0.5) is 10.7 Å². The van der Waals surface area contributed by atoms with E-state index in [0.29, 0.717) is 23.7 Å². The van der Waals surface area contributed by atoms with Gasteiger partial charge < -0.3 is 14.8 Å². The first-order valence-corrected chi connectivity index (χ1v) is 15.5. The lowest BCUT2D eigenvalue weighted by molar-refractivity contribution is 0.102. The molecule has 0 saturated heterocycles. The Kier molecular flexibility index (Phi) is 8.34. The van der Waals surface area contributed by atoms with Crippen molar-refractivity contribution < 1.29 is 14.3 Å². The first-order chi connectivity index (χ1) is 20.1. The normalized spacial score (nSPS) is 12.8. The smallest absolute Gasteiger partial charge is 0.259 e. The molecule has 0 bridgehead atoms. The van der Waals surface area contributed by atoms with Crippen LogP contribution in [0.2, 0.25) is 0 Å². The summed E-state index contributed by atoms with van der Waals surface area (Å²) in [5.74, 6) is 1.24. The van der Waals surface area contributed by atoms with Crippen LogP contribution in [0.3, 0.4) is 0 Å². The van der Waals surface area contributed by atoms with Gasteiger partial charge in [0.1, 0.15) is 11.6 Å². The average molecular weight is 673 g/mol. The highest BCUT2D eigenvalue weighted by molar-refractivity contribution is 14.1. The van der Waals surface area contributed by atoms with Crippen LogP contribution in [0.25, 0.3) is 10.8 Å². The van der Waals surface area contributed by atoms with Crippen LogP contribution < -0.4 is 14.8 Å². The number of fused-ring (bicyclic) bond motifs is 2. The summed E-state index contributed by atoms with van der Waals surface area (Å²) in [6, 6.07) is 28.1. The molecule has 41 heavy (non-hydrogen) atoms. The zero-order chi connectivity index (χ0) is 28.2. The van der Waals surface area contributed by atoms with E-state index in [1.54, 1.807) is 18.4 Å². The summed E-state index contributed by atoms with van der Waals surface area (Å²) in [6.07, 6.45) is 5.96. The molecule has 5 nitrogen and oxygen atoms in total. The van der Waals surface area contributed by atoms with E-state index >= 15 is 0 Å². The van der Waals surface area contributed by atoms with E-state index in [0.717, 1.165) is 56.6 Å². The van der Waals surface area contributed by atoms with Gasteiger partial charge in [0.2, 0.25) is 0 Å². The number of nitrogens with one attached hydrogen (secondary N) is 1. The Balaban J connectivity index is 1.26. The lowest BCUT2D eigenvalue weighted by Crippen LogP contribution is -2.14. The van der Waals surface area contributed by atoms with Gasteiger partial charge in [-0.3, -0.25) is 4.79 Å². The Morgan fingerprint density at radius 3 is 2.63 bits per heavy atom. The molecule has 0 radical (unpaired) electrons. The fraction of sp³-hybridized carbons (Fsp3) is 0.176. The first kappa shape index (κ1) is 27.5. The van der Waals surface area contributed by atoms with Crippen LogP contribution in [0.5, 0.6) is 11.5 Å². The number of amides is 1. The standard InChI is InChI=1S/C34H29IN2O3S/c1-39-29-19-22(18-28(35)32(29)40-21-24-12-9-11-23-10-5-6-15-26(23)24)20-36-34-31(27-16-7-8-17-30(27)41-34)33(38)37-25-13-3-2-4-14-25/h2-6,9-15,18-20H,7-8,16-17,21H2,1H3,(H,37,38). The Morgan fingerprint density at radius 2 is 1.78 bits per heavy atom. The number of methoxy groups -OCH3 is 1. The Hall–Kier alpha value is -3.69. The fourth-order valence-corrected chi connectivity index (χ4v) is 7.26. The number of hydrogen-bond donors (Lipinski definition) is 1. The van der Waals surface area contributed by atoms with E-state index in [4.69, 9.17) is 14.5 Å². The first-order valence-electron chi connectivity index (χ1n) is 13.6. The molecule has 4 aromatic carbocycles. The fourth-order valence-electron chi connectivity index (χ4n) is 5.25. The van der Waals surface area contributed by atoms with Gasteiger partial charge in [-0.05, 0) is 100 Å². The van der Waals surface area contributed by atoms with Gasteiger partial charge in [-0.15, -0.1) is 11.3 Å². The molecule has 206 valence electrons. The molecule has 0 saturated carbocycles. The third-order valence-corrected chi connectivity index (χ3v) is 9.25. The summed E-state index contributed by atoms with van der Waals surface area (Å²) in [4.78, 5) is 19.6. The maximum atomic E-state index is 13.4. The van der Waals surface area contributed by atoms with Crippen molar-refractivity contribution in [2.45, 2.75) is 32.3 Å². The van der Waals surface area contributed by atoms with Crippen LogP contribution in [-0.4, -0.2) is 19.2 Å². The third-order valence-electron chi connectivity index (χ3n) is 7.25. The lowest BCUT2D eigenvalue weighted by atomic mass is 9.95. The van der Waals surface area contributed by atoms with Crippen molar-refractivity contribution in [1.29, 1.82) is 0 Å². The maximum absolute atomic E-state index is 13.4. The maximum Gasteiger partial charge on any atom is 0.259 e. The van der Waals surface area contributed by atoms with E-state index in [1.807, 2.05) is 60.8 Å². The highest BCUT2D eigenvalue weighted by Gasteiger charge is 2.25. The summed E-state index contributed by atoms with van der Waals surface area (Å²) in [7, 11) is 1.65. The summed E-state index contributed by atoms with van der Waals surface area (Å²) >= 11 is 3.91. The van der Waals surface area contributed by atoms with Crippen molar-refractivity contribution in [1.82, 2.24) is 0 Å². The Bertz CT molecular complexity index is 1740. The van der Waals surface area contributed by atoms with E-state index in [9.17, 15) is 4.79 Å². The Labute approximate surface area is 257 Å². The minimum atomic E-state index is -0.105. The molecule has 1 amide bonds. The number of benzene rings is 4. The zero-order valence-electron chi connectivity index (χ0n) is 22.7. The summed E-state index contributed by atoms with van der Waals surface area (Å²) < 4.78 is 13.0. The van der Waals surface area contributed by atoms with Gasteiger partial charge in [0.15, 0.2) is 11.5 Å². The predicted octanol–water partition coefficient (Wildman–Crippen LogP) is 8.98. The number of anilines is 1. The largest absolute Gasteiger partial charge is 0.493 e. The molecule has 1 N–H and O–H groups in total. The van der Waals surface area contributed by atoms with Gasteiger partial charge >= 0.3 is 0 Å². The molecule has 1 heterocycles. The quantitative estimate of drug-likeness (QED) is 0.132. The number of para-hydroxylation sites is 1. The number of aryl methyl sites for hydroxylation is 1. The number of thiophene rings is 1. The molecule has 7 heteroatoms. The van der Waals surface area contributed by atoms with Crippen molar-refractivity contribution in [2.24, 2.45) is 4.99 Å². The number of nitrogens with zero attached hydrogens (tertiary/aromatic N) is 1. The number of hydrogen-bond acceptors (Lipinski definition) is 5. The number of ether oxygens (including phenoxy) is 2. The van der Waals surface area contributed by atoms with Gasteiger partial charge in [0, 0.05) is 16.8 Å². The monoisotopic (exact) mass is 672 g/mol. The summed E-state index contributed by atoms with van der Waals surface area (Å²) in [6.45, 7) is 0.432. The van der Waals surface area contributed by atoms with Crippen LogP contribution in [0, 0.1) is 3.57 Å². The lowest BCUT2D eigenvalue weighted by Gasteiger charge is -2.14. The second-order valence-electron chi connectivity index (χ2n) is 9.93. The van der Waals surface area contributed by atoms with Crippen molar-refractivity contribution in [3.8, 4) is 11.5 Å². The van der Waals surface area contributed by atoms with Crippen molar-refractivity contribution in [3.63, 3.8) is 0 Å². The van der Waals surface area contributed by atoms with Crippen molar-refractivity contribution >= 4 is 67.5 Å². The molecule has 0 fully saturated rings. The SMILES string of the molecule is COc1cc(C=Nc2sc3c(c2C(=O)Nc2ccccc2)CCCC3)cc(I)c1OCc1cccc2ccccc12. The van der Waals surface area contributed by atoms with E-state index in [2.05, 4.69) is 58.2 Å². The topological polar surface area (TPSA) is 59.9 Å². The molecule has 1 aromatic heterocycles. The summed E-state index contributed by atoms with van der Waals surface area (Å²) in [5, 5.41) is 6.18. The van der Waals surface area contributed by atoms with Gasteiger partial charge in [0.05, 0.1) is 16.2 Å². The molecular formula is C34H29IN2O3S. The number of rotatable bonds is 8. The number of aliphatic imine (C=N–C) groups is 1. The molecule has 1 aliphatic carbocycles. The second-order valence-corrected chi connectivity index (χ2v) is 12.2.